The lowest BCUT2D eigenvalue weighted by atomic mass is 9.70. The largest absolute Gasteiger partial charge is 0.481 e. The van der Waals surface area contributed by atoms with E-state index in [1.807, 2.05) is 26.0 Å². The van der Waals surface area contributed by atoms with E-state index in [9.17, 15) is 13.8 Å². The van der Waals surface area contributed by atoms with Gasteiger partial charge >= 0.3 is 0 Å². The molecule has 1 aromatic heterocycles. The first-order valence-corrected chi connectivity index (χ1v) is 20.1. The summed E-state index contributed by atoms with van der Waals surface area (Å²) in [5.41, 5.74) is 3.64. The van der Waals surface area contributed by atoms with Gasteiger partial charge in [-0.2, -0.15) is 5.10 Å². The highest BCUT2D eigenvalue weighted by Gasteiger charge is 2.38. The number of nitrogens with zero attached hydrogens (tertiary/aromatic N) is 4. The van der Waals surface area contributed by atoms with Gasteiger partial charge in [0.2, 0.25) is 0 Å². The van der Waals surface area contributed by atoms with Crippen LogP contribution in [-0.4, -0.2) is 63.0 Å². The molecule has 5 atom stereocenters. The zero-order valence-electron chi connectivity index (χ0n) is 28.2. The molecule has 0 saturated heterocycles. The third-order valence-corrected chi connectivity index (χ3v) is 12.6. The van der Waals surface area contributed by atoms with Gasteiger partial charge in [0.1, 0.15) is 21.6 Å². The molecule has 3 aliphatic rings. The van der Waals surface area contributed by atoms with E-state index in [4.69, 9.17) is 21.1 Å². The highest BCUT2D eigenvalue weighted by atomic mass is 35.5. The zero-order chi connectivity index (χ0) is 34.5. The maximum Gasteiger partial charge on any atom is 0.286 e. The Labute approximate surface area is 298 Å². The summed E-state index contributed by atoms with van der Waals surface area (Å²) in [7, 11) is -1.78. The Hall–Kier alpha value is -3.32. The Balaban J connectivity index is 1.44. The molecular formula is C36H44ClN5O5S2. The number of hydrogen-bond acceptors (Lipinski definition) is 8. The Morgan fingerprint density at radius 2 is 2.06 bits per heavy atom. The first-order chi connectivity index (χ1) is 23.6. The molecule has 3 aromatic rings. The van der Waals surface area contributed by atoms with Crippen LogP contribution in [0.25, 0.3) is 0 Å². The molecule has 2 amide bonds. The van der Waals surface area contributed by atoms with Gasteiger partial charge in [-0.25, -0.2) is 4.21 Å². The Kier molecular flexibility index (Phi) is 11.4. The number of allylic oxidation sites excluding steroid dienone is 1. The van der Waals surface area contributed by atoms with E-state index in [1.54, 1.807) is 47.9 Å². The van der Waals surface area contributed by atoms with Crippen molar-refractivity contribution in [2.24, 2.45) is 22.1 Å². The van der Waals surface area contributed by atoms with Crippen LogP contribution in [-0.2, 0) is 34.2 Å². The molecular weight excluding hydrogens is 682 g/mol. The second-order valence-electron chi connectivity index (χ2n) is 13.1. The van der Waals surface area contributed by atoms with Crippen molar-refractivity contribution in [3.63, 3.8) is 0 Å². The fourth-order valence-corrected chi connectivity index (χ4v) is 9.56. The molecule has 262 valence electrons. The Morgan fingerprint density at radius 1 is 1.20 bits per heavy atom. The van der Waals surface area contributed by atoms with E-state index in [0.717, 1.165) is 37.2 Å². The maximum absolute atomic E-state index is 14.5. The molecule has 0 radical (unpaired) electrons. The summed E-state index contributed by atoms with van der Waals surface area (Å²) >= 11 is 8.14. The van der Waals surface area contributed by atoms with Crippen LogP contribution < -0.4 is 14.4 Å². The number of thioether (sulfide) groups is 1. The lowest BCUT2D eigenvalue weighted by Gasteiger charge is -2.43. The first-order valence-electron chi connectivity index (χ1n) is 16.8. The van der Waals surface area contributed by atoms with E-state index in [-0.39, 0.29) is 28.9 Å². The zero-order valence-corrected chi connectivity index (χ0v) is 30.6. The van der Waals surface area contributed by atoms with Crippen LogP contribution in [0.5, 0.6) is 5.75 Å². The van der Waals surface area contributed by atoms with Gasteiger partial charge in [-0.1, -0.05) is 36.7 Å². The van der Waals surface area contributed by atoms with Crippen molar-refractivity contribution in [2.75, 3.05) is 36.0 Å². The Bertz CT molecular complexity index is 1840. The molecule has 1 N–H and O–H groups in total. The quantitative estimate of drug-likeness (QED) is 0.293. The number of aryl methyl sites for hydroxylation is 2. The predicted molar refractivity (Wildman–Crippen MR) is 196 cm³/mol. The summed E-state index contributed by atoms with van der Waals surface area (Å²) in [6.07, 6.45) is 10.7. The fraction of sp³-hybridized carbons (Fsp3) is 0.472. The van der Waals surface area contributed by atoms with E-state index < -0.39 is 21.7 Å². The van der Waals surface area contributed by atoms with Crippen molar-refractivity contribution < 1.29 is 23.3 Å². The first kappa shape index (κ1) is 35.5. The van der Waals surface area contributed by atoms with Crippen molar-refractivity contribution in [1.82, 2.24) is 14.5 Å². The van der Waals surface area contributed by atoms with E-state index in [1.165, 1.54) is 17.3 Å². The number of anilines is 1. The number of ether oxygens (including phenoxy) is 2. The van der Waals surface area contributed by atoms with Crippen LogP contribution >= 0.6 is 23.4 Å². The van der Waals surface area contributed by atoms with Gasteiger partial charge in [-0.05, 0) is 91.8 Å². The second-order valence-corrected chi connectivity index (χ2v) is 16.6. The van der Waals surface area contributed by atoms with E-state index in [0.29, 0.717) is 48.1 Å². The SMILES string of the molecule is CCn1cc(C(=O)N[S@@]2(=O)=NC(=O)c3ccc4c(c3)N(Cc3ccc(Cl)cc3CCSCO4)C[C@@H]3CC[C@H]3[C@@H](OC)/C=C/C[C@H](C)C2)cn1. The maximum atomic E-state index is 14.5. The van der Waals surface area contributed by atoms with Gasteiger partial charge in [0, 0.05) is 49.3 Å². The number of methoxy groups -OCH3 is 1. The standard InChI is InChI=1S/C36H44ClN5O5S2/c1-4-42-21-29(18-38-42)36(44)40-49(45)22-24(2)6-5-7-33(46-3)31-12-9-28(31)20-41-19-27-8-11-30(37)16-25(27)14-15-48-23-47-34-13-10-26(17-32(34)41)35(43)39-49/h5,7-8,10-11,13,16-18,21,24,28,31,33H,4,6,9,12,14-15,19-20,22-23H2,1-3H3,(H,39,40,43,44,45)/b7-5+/t24-,28-,31+,33-,49-/m0/s1. The third-order valence-electron chi connectivity index (χ3n) is 9.59. The lowest BCUT2D eigenvalue weighted by molar-refractivity contribution is 0.0133. The molecule has 49 heavy (non-hydrogen) atoms. The number of carbonyl (C=O) groups excluding carboxylic acids is 2. The molecule has 1 fully saturated rings. The molecule has 2 aliphatic heterocycles. The van der Waals surface area contributed by atoms with Gasteiger partial charge in [0.15, 0.2) is 0 Å². The summed E-state index contributed by atoms with van der Waals surface area (Å²) in [5.74, 6) is 1.26. The van der Waals surface area contributed by atoms with Crippen molar-refractivity contribution in [1.29, 1.82) is 0 Å². The third kappa shape index (κ3) is 8.53. The van der Waals surface area contributed by atoms with Crippen molar-refractivity contribution in [3.05, 3.63) is 88.2 Å². The molecule has 2 bridgehead atoms. The minimum atomic E-state index is -3.53. The number of nitrogens with one attached hydrogen (secondary N) is 1. The summed E-state index contributed by atoms with van der Waals surface area (Å²) in [6.45, 7) is 5.75. The molecule has 0 unspecified atom stereocenters. The number of hydrogen-bond donors (Lipinski definition) is 1. The smallest absolute Gasteiger partial charge is 0.286 e. The number of amides is 2. The molecule has 10 nitrogen and oxygen atoms in total. The van der Waals surface area contributed by atoms with E-state index in [2.05, 4.69) is 37.3 Å². The number of rotatable bonds is 4. The molecule has 1 aliphatic carbocycles. The predicted octanol–water partition coefficient (Wildman–Crippen LogP) is 6.78. The summed E-state index contributed by atoms with van der Waals surface area (Å²) in [5, 5.41) is 4.87. The normalized spacial score (nSPS) is 26.9. The average Bonchev–Trinajstić information content (AvgIpc) is 3.54. The number of benzene rings is 2. The van der Waals surface area contributed by atoms with Crippen LogP contribution in [0.15, 0.2) is 65.3 Å². The highest BCUT2D eigenvalue weighted by Crippen LogP contribution is 2.42. The summed E-state index contributed by atoms with van der Waals surface area (Å²) in [4.78, 5) is 29.5. The molecule has 0 spiro atoms. The number of aromatic nitrogens is 2. The van der Waals surface area contributed by atoms with Gasteiger partial charge < -0.3 is 14.4 Å². The van der Waals surface area contributed by atoms with Gasteiger partial charge in [0.25, 0.3) is 11.8 Å². The van der Waals surface area contributed by atoms with Gasteiger partial charge in [-0.3, -0.25) is 19.0 Å². The lowest BCUT2D eigenvalue weighted by Crippen LogP contribution is -2.43. The number of fused-ring (bicyclic) bond motifs is 3. The topological polar surface area (TPSA) is 115 Å². The van der Waals surface area contributed by atoms with Crippen LogP contribution in [0.4, 0.5) is 5.69 Å². The molecule has 3 heterocycles. The van der Waals surface area contributed by atoms with Gasteiger partial charge in [-0.15, -0.1) is 16.1 Å². The van der Waals surface area contributed by atoms with Crippen LogP contribution in [0.2, 0.25) is 5.02 Å². The molecule has 6 rings (SSSR count). The monoisotopic (exact) mass is 725 g/mol. The molecule has 2 aromatic carbocycles. The highest BCUT2D eigenvalue weighted by molar-refractivity contribution is 7.99. The molecule has 1 saturated carbocycles. The number of carbonyl (C=O) groups is 2. The average molecular weight is 726 g/mol. The van der Waals surface area contributed by atoms with Crippen LogP contribution in [0.3, 0.4) is 0 Å². The van der Waals surface area contributed by atoms with Crippen LogP contribution in [0.1, 0.15) is 65.0 Å². The number of halogens is 1. The fourth-order valence-electron chi connectivity index (χ4n) is 6.78. The summed E-state index contributed by atoms with van der Waals surface area (Å²) < 4.78 is 35.3. The van der Waals surface area contributed by atoms with Crippen molar-refractivity contribution >= 4 is 50.8 Å². The van der Waals surface area contributed by atoms with Crippen LogP contribution in [0, 0.1) is 17.8 Å². The van der Waals surface area contributed by atoms with Gasteiger partial charge in [0.05, 0.1) is 29.3 Å². The summed E-state index contributed by atoms with van der Waals surface area (Å²) in [6, 6.07) is 11.3. The minimum Gasteiger partial charge on any atom is -0.481 e. The van der Waals surface area contributed by atoms with Crippen molar-refractivity contribution in [2.45, 2.75) is 58.7 Å². The minimum absolute atomic E-state index is 0.00280. The second kappa shape index (κ2) is 15.7. The Morgan fingerprint density at radius 3 is 2.82 bits per heavy atom. The van der Waals surface area contributed by atoms with E-state index >= 15 is 0 Å². The molecule has 13 heteroatoms. The van der Waals surface area contributed by atoms with Crippen molar-refractivity contribution in [3.8, 4) is 5.75 Å².